The number of nitrogens with one attached hydrogen (secondary N) is 3. The fourth-order valence-electron chi connectivity index (χ4n) is 2.26. The molecule has 0 spiro atoms. The SMILES string of the molecule is CCc1cn[nH]c1NC(=O)c1cc(=O)[nH]c2ccccc12. The predicted octanol–water partition coefficient (Wildman–Crippen LogP) is 2.07. The molecule has 2 heterocycles. The van der Waals surface area contributed by atoms with Crippen molar-refractivity contribution in [3.05, 3.63) is 58.0 Å². The number of benzene rings is 1. The van der Waals surface area contributed by atoms with E-state index in [0.29, 0.717) is 22.3 Å². The first-order valence-corrected chi connectivity index (χ1v) is 6.64. The van der Waals surface area contributed by atoms with Crippen LogP contribution in [0.1, 0.15) is 22.8 Å². The summed E-state index contributed by atoms with van der Waals surface area (Å²) in [6, 6.07) is 8.50. The van der Waals surface area contributed by atoms with Crippen molar-refractivity contribution in [2.24, 2.45) is 0 Å². The third-order valence-corrected chi connectivity index (χ3v) is 3.33. The Morgan fingerprint density at radius 1 is 1.33 bits per heavy atom. The van der Waals surface area contributed by atoms with Crippen molar-refractivity contribution in [2.75, 3.05) is 5.32 Å². The zero-order chi connectivity index (χ0) is 14.8. The van der Waals surface area contributed by atoms with Crippen molar-refractivity contribution < 1.29 is 4.79 Å². The van der Waals surface area contributed by atoms with E-state index < -0.39 is 0 Å². The fourth-order valence-corrected chi connectivity index (χ4v) is 2.26. The van der Waals surface area contributed by atoms with E-state index >= 15 is 0 Å². The van der Waals surface area contributed by atoms with Crippen LogP contribution in [0.2, 0.25) is 0 Å². The van der Waals surface area contributed by atoms with E-state index in [2.05, 4.69) is 20.5 Å². The van der Waals surface area contributed by atoms with Gasteiger partial charge in [0.25, 0.3) is 5.91 Å². The second-order valence-corrected chi connectivity index (χ2v) is 4.67. The van der Waals surface area contributed by atoms with E-state index in [1.54, 1.807) is 18.3 Å². The molecular weight excluding hydrogens is 268 g/mol. The highest BCUT2D eigenvalue weighted by Gasteiger charge is 2.14. The first kappa shape index (κ1) is 13.1. The van der Waals surface area contributed by atoms with E-state index in [1.165, 1.54) is 6.07 Å². The third kappa shape index (κ3) is 2.43. The highest BCUT2D eigenvalue weighted by Crippen LogP contribution is 2.17. The largest absolute Gasteiger partial charge is 0.322 e. The minimum absolute atomic E-state index is 0.306. The van der Waals surface area contributed by atoms with Gasteiger partial charge in [0.05, 0.1) is 11.8 Å². The van der Waals surface area contributed by atoms with Crippen molar-refractivity contribution in [3.63, 3.8) is 0 Å². The Hall–Kier alpha value is -2.89. The van der Waals surface area contributed by atoms with Gasteiger partial charge in [0.1, 0.15) is 5.82 Å². The van der Waals surface area contributed by atoms with Crippen molar-refractivity contribution in [2.45, 2.75) is 13.3 Å². The number of aromatic nitrogens is 3. The Balaban J connectivity index is 2.04. The number of nitrogens with zero attached hydrogens (tertiary/aromatic N) is 1. The van der Waals surface area contributed by atoms with E-state index in [4.69, 9.17) is 0 Å². The van der Waals surface area contributed by atoms with E-state index in [-0.39, 0.29) is 11.5 Å². The molecule has 3 rings (SSSR count). The molecule has 2 aromatic heterocycles. The Labute approximate surface area is 120 Å². The maximum atomic E-state index is 12.4. The van der Waals surface area contributed by atoms with Crippen LogP contribution in [0, 0.1) is 0 Å². The number of hydrogen-bond acceptors (Lipinski definition) is 3. The molecule has 3 N–H and O–H groups in total. The molecule has 6 heteroatoms. The Bertz CT molecular complexity index is 863. The molecule has 21 heavy (non-hydrogen) atoms. The van der Waals surface area contributed by atoms with Crippen LogP contribution in [0.25, 0.3) is 10.9 Å². The van der Waals surface area contributed by atoms with Gasteiger partial charge < -0.3 is 10.3 Å². The van der Waals surface area contributed by atoms with Gasteiger partial charge in [-0.05, 0) is 12.5 Å². The normalized spacial score (nSPS) is 10.7. The van der Waals surface area contributed by atoms with Crippen LogP contribution in [0.3, 0.4) is 0 Å². The number of amides is 1. The molecule has 6 nitrogen and oxygen atoms in total. The summed E-state index contributed by atoms with van der Waals surface area (Å²) in [6.45, 7) is 1.98. The number of carbonyl (C=O) groups is 1. The summed E-state index contributed by atoms with van der Waals surface area (Å²) in [6.07, 6.45) is 2.42. The van der Waals surface area contributed by atoms with E-state index in [9.17, 15) is 9.59 Å². The number of H-pyrrole nitrogens is 2. The van der Waals surface area contributed by atoms with Crippen LogP contribution < -0.4 is 10.9 Å². The number of aromatic amines is 2. The minimum Gasteiger partial charge on any atom is -0.322 e. The Morgan fingerprint density at radius 3 is 2.95 bits per heavy atom. The smallest absolute Gasteiger partial charge is 0.257 e. The van der Waals surface area contributed by atoms with E-state index in [0.717, 1.165) is 12.0 Å². The molecule has 0 atom stereocenters. The molecule has 1 aromatic carbocycles. The molecule has 0 aliphatic heterocycles. The summed E-state index contributed by atoms with van der Waals surface area (Å²) in [7, 11) is 0. The lowest BCUT2D eigenvalue weighted by Gasteiger charge is -2.07. The van der Waals surface area contributed by atoms with Crippen LogP contribution >= 0.6 is 0 Å². The summed E-state index contributed by atoms with van der Waals surface area (Å²) < 4.78 is 0. The van der Waals surface area contributed by atoms with Crippen molar-refractivity contribution in [1.29, 1.82) is 0 Å². The molecule has 106 valence electrons. The van der Waals surface area contributed by atoms with Gasteiger partial charge in [-0.25, -0.2) is 0 Å². The topological polar surface area (TPSA) is 90.6 Å². The Morgan fingerprint density at radius 2 is 2.14 bits per heavy atom. The van der Waals surface area contributed by atoms with E-state index in [1.807, 2.05) is 19.1 Å². The van der Waals surface area contributed by atoms with Gasteiger partial charge in [-0.3, -0.25) is 14.7 Å². The molecular formula is C15H14N4O2. The molecule has 0 radical (unpaired) electrons. The van der Waals surface area contributed by atoms with Crippen molar-refractivity contribution >= 4 is 22.6 Å². The number of fused-ring (bicyclic) bond motifs is 1. The molecule has 0 saturated carbocycles. The van der Waals surface area contributed by atoms with Crippen molar-refractivity contribution in [3.8, 4) is 0 Å². The average molecular weight is 282 g/mol. The standard InChI is InChI=1S/C15H14N4O2/c1-2-9-8-16-19-14(9)18-15(21)11-7-13(20)17-12-6-4-3-5-10(11)12/h3-8H,2H2,1H3,(H,17,20)(H2,16,18,19,21). The molecule has 0 unspecified atom stereocenters. The first-order chi connectivity index (χ1) is 10.2. The van der Waals surface area contributed by atoms with Gasteiger partial charge in [-0.2, -0.15) is 5.10 Å². The predicted molar refractivity (Wildman–Crippen MR) is 80.5 cm³/mol. The zero-order valence-corrected chi connectivity index (χ0v) is 11.4. The zero-order valence-electron chi connectivity index (χ0n) is 11.4. The molecule has 0 aliphatic rings. The van der Waals surface area contributed by atoms with Crippen LogP contribution in [-0.4, -0.2) is 21.1 Å². The quantitative estimate of drug-likeness (QED) is 0.686. The minimum atomic E-state index is -0.337. The first-order valence-electron chi connectivity index (χ1n) is 6.64. The summed E-state index contributed by atoms with van der Waals surface area (Å²) in [5.41, 5.74) is 1.58. The lowest BCUT2D eigenvalue weighted by Crippen LogP contribution is -2.17. The average Bonchev–Trinajstić information content (AvgIpc) is 2.93. The second kappa shape index (κ2) is 5.24. The fraction of sp³-hybridized carbons (Fsp3) is 0.133. The molecule has 0 fully saturated rings. The molecule has 1 amide bonds. The highest BCUT2D eigenvalue weighted by molar-refractivity contribution is 6.12. The number of anilines is 1. The third-order valence-electron chi connectivity index (χ3n) is 3.33. The van der Waals surface area contributed by atoms with Crippen LogP contribution in [0.5, 0.6) is 0 Å². The van der Waals surface area contributed by atoms with Crippen molar-refractivity contribution in [1.82, 2.24) is 15.2 Å². The molecule has 0 aliphatic carbocycles. The maximum absolute atomic E-state index is 12.4. The number of para-hydroxylation sites is 1. The summed E-state index contributed by atoms with van der Waals surface area (Å²) >= 11 is 0. The van der Waals surface area contributed by atoms with Gasteiger partial charge in [-0.1, -0.05) is 25.1 Å². The number of carbonyl (C=O) groups excluding carboxylic acids is 1. The van der Waals surface area contributed by atoms with Crippen LogP contribution in [-0.2, 0) is 6.42 Å². The molecule has 0 saturated heterocycles. The Kier molecular flexibility index (Phi) is 3.27. The number of pyridine rings is 1. The van der Waals surface area contributed by atoms with Crippen LogP contribution in [0.15, 0.2) is 41.3 Å². The highest BCUT2D eigenvalue weighted by atomic mass is 16.2. The van der Waals surface area contributed by atoms with Gasteiger partial charge in [0, 0.05) is 22.5 Å². The van der Waals surface area contributed by atoms with Gasteiger partial charge in [0.15, 0.2) is 0 Å². The lowest BCUT2D eigenvalue weighted by atomic mass is 10.1. The summed E-state index contributed by atoms with van der Waals surface area (Å²) in [5, 5.41) is 10.1. The summed E-state index contributed by atoms with van der Waals surface area (Å²) in [4.78, 5) is 26.8. The van der Waals surface area contributed by atoms with Gasteiger partial charge in [-0.15, -0.1) is 0 Å². The van der Waals surface area contributed by atoms with Gasteiger partial charge in [0.2, 0.25) is 5.56 Å². The monoisotopic (exact) mass is 282 g/mol. The lowest BCUT2D eigenvalue weighted by molar-refractivity contribution is 0.102. The number of hydrogen-bond donors (Lipinski definition) is 3. The second-order valence-electron chi connectivity index (χ2n) is 4.67. The molecule has 0 bridgehead atoms. The number of rotatable bonds is 3. The molecule has 3 aromatic rings. The maximum Gasteiger partial charge on any atom is 0.257 e. The van der Waals surface area contributed by atoms with Crippen LogP contribution in [0.4, 0.5) is 5.82 Å². The van der Waals surface area contributed by atoms with Gasteiger partial charge >= 0.3 is 0 Å². The summed E-state index contributed by atoms with van der Waals surface area (Å²) in [5.74, 6) is 0.225. The number of aryl methyl sites for hydroxylation is 1.